The van der Waals surface area contributed by atoms with Crippen LogP contribution in [0.1, 0.15) is 59.6 Å². The summed E-state index contributed by atoms with van der Waals surface area (Å²) in [4.78, 5) is 15.5. The Morgan fingerprint density at radius 2 is 1.95 bits per heavy atom. The molecule has 1 fully saturated rings. The molecule has 0 spiro atoms. The standard InChI is InChI=1S/C29H25F2N3O4S2.H3N/c1-16(2)3-7-19-14-20(8-9-22(19)30)27-21(11-18-6-10-26(40(37)38)23(31)12-18)25(13-17-4-5-17)34(33-27)29-32-24(15-39-29)28(35)36;/h6,8-10,12,14-17H,4-5,11,13H2,1-2H3,(H,35,36)(H,37,38);1H3/p+1. The lowest BCUT2D eigenvalue weighted by Crippen LogP contribution is -2.06. The van der Waals surface area contributed by atoms with Crippen LogP contribution in [0.25, 0.3) is 16.4 Å². The number of hydrogen-bond acceptors (Lipinski definition) is 6. The van der Waals surface area contributed by atoms with Gasteiger partial charge in [0.25, 0.3) is 0 Å². The van der Waals surface area contributed by atoms with Crippen molar-refractivity contribution >= 4 is 28.4 Å². The molecule has 41 heavy (non-hydrogen) atoms. The maximum Gasteiger partial charge on any atom is 0.355 e. The minimum atomic E-state index is -2.83. The summed E-state index contributed by atoms with van der Waals surface area (Å²) in [5.74, 6) is 3.94. The van der Waals surface area contributed by atoms with Crippen molar-refractivity contribution < 1.29 is 27.4 Å². The molecule has 2 aromatic heterocycles. The van der Waals surface area contributed by atoms with Crippen molar-refractivity contribution in [1.82, 2.24) is 20.9 Å². The Morgan fingerprint density at radius 3 is 2.56 bits per heavy atom. The van der Waals surface area contributed by atoms with Crippen LogP contribution >= 0.6 is 11.3 Å². The third-order valence-electron chi connectivity index (χ3n) is 6.50. The van der Waals surface area contributed by atoms with Gasteiger partial charge in [0.2, 0.25) is 21.1 Å². The summed E-state index contributed by atoms with van der Waals surface area (Å²) in [6, 6.07) is 8.70. The summed E-state index contributed by atoms with van der Waals surface area (Å²) in [7, 11) is 0. The number of aromatic carboxylic acids is 1. The van der Waals surface area contributed by atoms with Gasteiger partial charge in [-0.25, -0.2) is 23.2 Å². The zero-order chi connectivity index (χ0) is 28.6. The summed E-state index contributed by atoms with van der Waals surface area (Å²) < 4.78 is 51.8. The molecule has 5 N–H and O–H groups in total. The number of carboxylic acid groups (broad SMARTS) is 1. The predicted molar refractivity (Wildman–Crippen MR) is 154 cm³/mol. The normalized spacial score (nSPS) is 13.4. The van der Waals surface area contributed by atoms with Crippen LogP contribution in [0.4, 0.5) is 8.78 Å². The Hall–Kier alpha value is -3.76. The largest absolute Gasteiger partial charge is 0.476 e. The van der Waals surface area contributed by atoms with E-state index in [1.807, 2.05) is 13.8 Å². The van der Waals surface area contributed by atoms with Crippen LogP contribution in [0.5, 0.6) is 0 Å². The highest BCUT2D eigenvalue weighted by Crippen LogP contribution is 2.38. The molecule has 1 aliphatic rings. The van der Waals surface area contributed by atoms with E-state index < -0.39 is 28.7 Å². The van der Waals surface area contributed by atoms with Crippen LogP contribution < -0.4 is 6.15 Å². The number of thiazole rings is 1. The molecule has 5 rings (SSSR count). The minimum Gasteiger partial charge on any atom is -0.476 e. The Morgan fingerprint density at radius 1 is 1.20 bits per heavy atom. The Labute approximate surface area is 242 Å². The average molecular weight is 600 g/mol. The van der Waals surface area contributed by atoms with Crippen LogP contribution in [0.15, 0.2) is 46.7 Å². The van der Waals surface area contributed by atoms with Crippen molar-refractivity contribution in [3.05, 3.63) is 81.5 Å². The average Bonchev–Trinajstić information content (AvgIpc) is 3.46. The Bertz CT molecular complexity index is 1700. The molecule has 1 atom stereocenters. The SMILES string of the molecule is CC(C)C#Cc1cc(-c2nn(-c3nc(C(=O)O)cs3)c(CC3CC3)c2Cc2ccc([SH+](=O)O)c(F)c2)ccc1F.N. The van der Waals surface area contributed by atoms with Gasteiger partial charge in [0.1, 0.15) is 5.82 Å². The van der Waals surface area contributed by atoms with Gasteiger partial charge in [-0.05, 0) is 61.1 Å². The molecular weight excluding hydrogens is 570 g/mol. The molecule has 1 saturated carbocycles. The first kappa shape index (κ1) is 30.2. The molecule has 4 aromatic rings. The topological polar surface area (TPSA) is 140 Å². The van der Waals surface area contributed by atoms with E-state index in [1.165, 1.54) is 23.6 Å². The summed E-state index contributed by atoms with van der Waals surface area (Å²) in [6.07, 6.45) is 2.96. The molecule has 8 nitrogen and oxygen atoms in total. The lowest BCUT2D eigenvalue weighted by atomic mass is 9.96. The second-order valence-electron chi connectivity index (χ2n) is 10.0. The molecule has 0 bridgehead atoms. The number of thiol groups is 1. The summed E-state index contributed by atoms with van der Waals surface area (Å²) in [5, 5.41) is 16.1. The quantitative estimate of drug-likeness (QED) is 0.124. The summed E-state index contributed by atoms with van der Waals surface area (Å²) >= 11 is -1.68. The van der Waals surface area contributed by atoms with E-state index in [0.29, 0.717) is 34.3 Å². The van der Waals surface area contributed by atoms with Gasteiger partial charge in [-0.1, -0.05) is 36.0 Å². The van der Waals surface area contributed by atoms with E-state index in [0.717, 1.165) is 35.4 Å². The lowest BCUT2D eigenvalue weighted by Gasteiger charge is -2.09. The van der Waals surface area contributed by atoms with Crippen LogP contribution in [0.2, 0.25) is 0 Å². The van der Waals surface area contributed by atoms with Crippen molar-refractivity contribution in [2.24, 2.45) is 11.8 Å². The van der Waals surface area contributed by atoms with Gasteiger partial charge in [0.05, 0.1) is 17.0 Å². The minimum absolute atomic E-state index is 0. The number of halogens is 2. The zero-order valence-electron chi connectivity index (χ0n) is 22.4. The van der Waals surface area contributed by atoms with Gasteiger partial charge in [-0.3, -0.25) is 0 Å². The van der Waals surface area contributed by atoms with Gasteiger partial charge in [0.15, 0.2) is 11.5 Å². The first-order valence-electron chi connectivity index (χ1n) is 12.7. The van der Waals surface area contributed by atoms with E-state index in [4.69, 9.17) is 5.10 Å². The fourth-order valence-corrected chi connectivity index (χ4v) is 5.56. The molecular formula is C29H29F2N4O4S2+. The molecule has 0 amide bonds. The zero-order valence-corrected chi connectivity index (χ0v) is 24.1. The van der Waals surface area contributed by atoms with Gasteiger partial charge < -0.3 is 11.3 Å². The number of aromatic nitrogens is 3. The Kier molecular flexibility index (Phi) is 9.14. The molecule has 0 saturated heterocycles. The number of benzene rings is 2. The van der Waals surface area contributed by atoms with E-state index in [-0.39, 0.29) is 34.6 Å². The maximum atomic E-state index is 14.7. The van der Waals surface area contributed by atoms with E-state index in [9.17, 15) is 27.4 Å². The smallest absolute Gasteiger partial charge is 0.355 e. The summed E-state index contributed by atoms with van der Waals surface area (Å²) in [5.41, 5.74) is 3.37. The maximum absolute atomic E-state index is 14.7. The van der Waals surface area contributed by atoms with Crippen molar-refractivity contribution in [3.63, 3.8) is 0 Å². The van der Waals surface area contributed by atoms with Gasteiger partial charge >= 0.3 is 5.97 Å². The highest BCUT2D eigenvalue weighted by molar-refractivity contribution is 7.79. The lowest BCUT2D eigenvalue weighted by molar-refractivity contribution is 0.0691. The van der Waals surface area contributed by atoms with Crippen molar-refractivity contribution in [2.45, 2.75) is 44.4 Å². The summed E-state index contributed by atoms with van der Waals surface area (Å²) in [6.45, 7) is 3.82. The fraction of sp³-hybridized carbons (Fsp3) is 0.276. The van der Waals surface area contributed by atoms with Crippen molar-refractivity contribution in [2.75, 3.05) is 0 Å². The Balaban J connectivity index is 0.00000387. The first-order valence-corrected chi connectivity index (χ1v) is 14.8. The first-order chi connectivity index (χ1) is 19.1. The molecule has 0 radical (unpaired) electrons. The monoisotopic (exact) mass is 599 g/mol. The van der Waals surface area contributed by atoms with Crippen molar-refractivity contribution in [3.8, 4) is 28.2 Å². The van der Waals surface area contributed by atoms with E-state index in [2.05, 4.69) is 16.8 Å². The van der Waals surface area contributed by atoms with Crippen LogP contribution in [0, 0.1) is 35.3 Å². The number of carbonyl (C=O) groups is 1. The molecule has 0 aliphatic heterocycles. The molecule has 1 aliphatic carbocycles. The predicted octanol–water partition coefficient (Wildman–Crippen LogP) is 6.21. The number of nitrogens with zero attached hydrogens (tertiary/aromatic N) is 3. The highest BCUT2D eigenvalue weighted by atomic mass is 32.2. The molecule has 2 heterocycles. The van der Waals surface area contributed by atoms with Gasteiger partial charge in [-0.2, -0.15) is 9.65 Å². The van der Waals surface area contributed by atoms with E-state index in [1.54, 1.807) is 22.9 Å². The number of hydrogen-bond donors (Lipinski definition) is 3. The molecule has 2 aromatic carbocycles. The highest BCUT2D eigenvalue weighted by Gasteiger charge is 2.30. The van der Waals surface area contributed by atoms with E-state index >= 15 is 0 Å². The molecule has 214 valence electrons. The molecule has 12 heteroatoms. The second kappa shape index (κ2) is 12.4. The number of rotatable bonds is 8. The van der Waals surface area contributed by atoms with Gasteiger partial charge in [0, 0.05) is 28.8 Å². The fourth-order valence-electron chi connectivity index (χ4n) is 4.34. The van der Waals surface area contributed by atoms with Gasteiger partial charge in [-0.15, -0.1) is 11.3 Å². The number of carboxylic acids is 1. The van der Waals surface area contributed by atoms with Crippen LogP contribution in [-0.4, -0.2) is 30.4 Å². The van der Waals surface area contributed by atoms with Crippen molar-refractivity contribution in [1.29, 1.82) is 0 Å². The van der Waals surface area contributed by atoms with Crippen LogP contribution in [0.3, 0.4) is 0 Å². The molecule has 1 unspecified atom stereocenters. The third-order valence-corrected chi connectivity index (χ3v) is 8.09. The third kappa shape index (κ3) is 6.77. The van der Waals surface area contributed by atoms with Crippen LogP contribution in [-0.2, 0) is 28.1 Å². The second-order valence-corrected chi connectivity index (χ2v) is 11.9.